The maximum Gasteiger partial charge on any atom is 0.418 e. The number of benzene rings is 2. The van der Waals surface area contributed by atoms with E-state index in [1.807, 2.05) is 0 Å². The number of rotatable bonds is 7. The van der Waals surface area contributed by atoms with Crippen LogP contribution in [-0.4, -0.2) is 36.7 Å². The molecule has 10 heteroatoms. The molecular weight excluding hydrogens is 431 g/mol. The van der Waals surface area contributed by atoms with Crippen molar-refractivity contribution in [3.8, 4) is 0 Å². The molecule has 0 aliphatic carbocycles. The fourth-order valence-electron chi connectivity index (χ4n) is 3.18. The Hall–Kier alpha value is -2.98. The van der Waals surface area contributed by atoms with Gasteiger partial charge in [0.05, 0.1) is 22.7 Å². The van der Waals surface area contributed by atoms with Crippen LogP contribution in [0.1, 0.15) is 18.9 Å². The standard InChI is InChI=1S/C21H20F3N3O3S/c1-2-12-27(14-20(28)26-18-8-4-3-7-17(18)21(22,23)24)31(29,30)19-9-5-6-15-13-25-11-10-16(15)19/h3-11,13H,2,12,14H2,1H3,(H,26,28). The number of hydrogen-bond donors (Lipinski definition) is 1. The normalized spacial score (nSPS) is 12.3. The first-order valence-corrected chi connectivity index (χ1v) is 10.9. The van der Waals surface area contributed by atoms with Gasteiger partial charge in [-0.3, -0.25) is 9.78 Å². The first-order chi connectivity index (χ1) is 14.6. The molecule has 31 heavy (non-hydrogen) atoms. The van der Waals surface area contributed by atoms with E-state index in [-0.39, 0.29) is 11.4 Å². The van der Waals surface area contributed by atoms with Gasteiger partial charge in [-0.05, 0) is 30.7 Å². The number of aromatic nitrogens is 1. The molecule has 1 heterocycles. The van der Waals surface area contributed by atoms with Gasteiger partial charge >= 0.3 is 6.18 Å². The fraction of sp³-hybridized carbons (Fsp3) is 0.238. The highest BCUT2D eigenvalue weighted by molar-refractivity contribution is 7.89. The van der Waals surface area contributed by atoms with E-state index < -0.39 is 39.9 Å². The zero-order valence-corrected chi connectivity index (χ0v) is 17.4. The van der Waals surface area contributed by atoms with E-state index >= 15 is 0 Å². The lowest BCUT2D eigenvalue weighted by Crippen LogP contribution is -2.38. The smallest absolute Gasteiger partial charge is 0.324 e. The first kappa shape index (κ1) is 22.7. The molecule has 164 valence electrons. The van der Waals surface area contributed by atoms with Crippen molar-refractivity contribution < 1.29 is 26.4 Å². The second-order valence-corrected chi connectivity index (χ2v) is 8.69. The molecule has 6 nitrogen and oxygen atoms in total. The molecule has 0 saturated carbocycles. The molecule has 0 aliphatic heterocycles. The fourth-order valence-corrected chi connectivity index (χ4v) is 4.88. The monoisotopic (exact) mass is 451 g/mol. The highest BCUT2D eigenvalue weighted by Gasteiger charge is 2.34. The Morgan fingerprint density at radius 3 is 2.55 bits per heavy atom. The van der Waals surface area contributed by atoms with Crippen LogP contribution < -0.4 is 5.32 Å². The molecule has 0 saturated heterocycles. The average molecular weight is 451 g/mol. The molecule has 0 atom stereocenters. The van der Waals surface area contributed by atoms with Gasteiger partial charge < -0.3 is 5.32 Å². The molecule has 0 bridgehead atoms. The number of sulfonamides is 1. The van der Waals surface area contributed by atoms with Crippen LogP contribution in [0, 0.1) is 0 Å². The summed E-state index contributed by atoms with van der Waals surface area (Å²) in [5.74, 6) is -0.865. The molecule has 0 spiro atoms. The van der Waals surface area contributed by atoms with Crippen LogP contribution in [-0.2, 0) is 21.0 Å². The zero-order chi connectivity index (χ0) is 22.6. The van der Waals surface area contributed by atoms with Crippen LogP contribution >= 0.6 is 0 Å². The lowest BCUT2D eigenvalue weighted by molar-refractivity contribution is -0.137. The van der Waals surface area contributed by atoms with Gasteiger partial charge in [0.25, 0.3) is 0 Å². The molecule has 1 aromatic heterocycles. The van der Waals surface area contributed by atoms with Crippen LogP contribution in [0.3, 0.4) is 0 Å². The van der Waals surface area contributed by atoms with E-state index in [0.717, 1.165) is 16.4 Å². The van der Waals surface area contributed by atoms with Crippen molar-refractivity contribution in [2.24, 2.45) is 0 Å². The first-order valence-electron chi connectivity index (χ1n) is 9.43. The molecule has 0 aliphatic rings. The minimum atomic E-state index is -4.66. The number of halogens is 3. The van der Waals surface area contributed by atoms with Gasteiger partial charge in [0.1, 0.15) is 0 Å². The van der Waals surface area contributed by atoms with E-state index in [4.69, 9.17) is 0 Å². The highest BCUT2D eigenvalue weighted by atomic mass is 32.2. The Kier molecular flexibility index (Phi) is 6.61. The average Bonchev–Trinajstić information content (AvgIpc) is 2.72. The third-order valence-electron chi connectivity index (χ3n) is 4.56. The third kappa shape index (κ3) is 5.02. The summed E-state index contributed by atoms with van der Waals surface area (Å²) in [4.78, 5) is 16.5. The molecule has 2 aromatic carbocycles. The molecule has 0 fully saturated rings. The maximum absolute atomic E-state index is 13.3. The quantitative estimate of drug-likeness (QED) is 0.581. The van der Waals surface area contributed by atoms with E-state index in [2.05, 4.69) is 10.3 Å². The maximum atomic E-state index is 13.3. The highest BCUT2D eigenvalue weighted by Crippen LogP contribution is 2.34. The van der Waals surface area contributed by atoms with Crippen LogP contribution in [0.25, 0.3) is 10.8 Å². The van der Waals surface area contributed by atoms with Crippen molar-refractivity contribution in [3.63, 3.8) is 0 Å². The predicted molar refractivity (Wildman–Crippen MR) is 111 cm³/mol. The lowest BCUT2D eigenvalue weighted by Gasteiger charge is -2.22. The number of pyridine rings is 1. The van der Waals surface area contributed by atoms with Gasteiger partial charge in [0.15, 0.2) is 0 Å². The van der Waals surface area contributed by atoms with Gasteiger partial charge in [0.2, 0.25) is 15.9 Å². The summed E-state index contributed by atoms with van der Waals surface area (Å²) >= 11 is 0. The number of carbonyl (C=O) groups is 1. The molecule has 0 unspecified atom stereocenters. The van der Waals surface area contributed by atoms with E-state index in [1.54, 1.807) is 25.1 Å². The Bertz CT molecular complexity index is 1190. The van der Waals surface area contributed by atoms with Gasteiger partial charge in [-0.2, -0.15) is 17.5 Å². The summed E-state index contributed by atoms with van der Waals surface area (Å²) in [6, 6.07) is 10.8. The molecular formula is C21H20F3N3O3S. The number of nitrogens with one attached hydrogen (secondary N) is 1. The van der Waals surface area contributed by atoms with Crippen molar-refractivity contribution in [2.75, 3.05) is 18.4 Å². The zero-order valence-electron chi connectivity index (χ0n) is 16.6. The Balaban J connectivity index is 1.90. The lowest BCUT2D eigenvalue weighted by atomic mass is 10.1. The third-order valence-corrected chi connectivity index (χ3v) is 6.46. The van der Waals surface area contributed by atoms with Crippen LogP contribution in [0.2, 0.25) is 0 Å². The summed E-state index contributed by atoms with van der Waals surface area (Å²) in [7, 11) is -4.09. The summed E-state index contributed by atoms with van der Waals surface area (Å²) in [6.07, 6.45) is -1.25. The number of fused-ring (bicyclic) bond motifs is 1. The van der Waals surface area contributed by atoms with E-state index in [1.165, 1.54) is 30.6 Å². The number of anilines is 1. The van der Waals surface area contributed by atoms with E-state index in [9.17, 15) is 26.4 Å². The minimum absolute atomic E-state index is 0.00402. The van der Waals surface area contributed by atoms with Crippen molar-refractivity contribution in [3.05, 3.63) is 66.5 Å². The molecule has 1 amide bonds. The Morgan fingerprint density at radius 1 is 1.10 bits per heavy atom. The van der Waals surface area contributed by atoms with Gasteiger partial charge in [0, 0.05) is 29.7 Å². The topological polar surface area (TPSA) is 79.4 Å². The number of carbonyl (C=O) groups excluding carboxylic acids is 1. The van der Waals surface area contributed by atoms with E-state index in [0.29, 0.717) is 17.2 Å². The van der Waals surface area contributed by atoms with Crippen LogP contribution in [0.15, 0.2) is 65.8 Å². The number of para-hydroxylation sites is 1. The van der Waals surface area contributed by atoms with Gasteiger partial charge in [-0.25, -0.2) is 8.42 Å². The minimum Gasteiger partial charge on any atom is -0.324 e. The van der Waals surface area contributed by atoms with Crippen molar-refractivity contribution >= 4 is 32.4 Å². The van der Waals surface area contributed by atoms with Gasteiger partial charge in [-0.15, -0.1) is 0 Å². The second kappa shape index (κ2) is 9.03. The molecule has 3 rings (SSSR count). The summed E-state index contributed by atoms with van der Waals surface area (Å²) in [5, 5.41) is 3.25. The molecule has 3 aromatic rings. The number of hydrogen-bond acceptors (Lipinski definition) is 4. The Morgan fingerprint density at radius 2 is 1.84 bits per heavy atom. The summed E-state index contributed by atoms with van der Waals surface area (Å²) < 4.78 is 67.1. The number of nitrogens with zero attached hydrogens (tertiary/aromatic N) is 2. The molecule has 0 radical (unpaired) electrons. The largest absolute Gasteiger partial charge is 0.418 e. The van der Waals surface area contributed by atoms with Crippen molar-refractivity contribution in [2.45, 2.75) is 24.4 Å². The SMILES string of the molecule is CCCN(CC(=O)Nc1ccccc1C(F)(F)F)S(=O)(=O)c1cccc2cnccc12. The predicted octanol–water partition coefficient (Wildman–Crippen LogP) is 4.29. The number of amides is 1. The van der Waals surface area contributed by atoms with Gasteiger partial charge in [-0.1, -0.05) is 31.2 Å². The van der Waals surface area contributed by atoms with Crippen LogP contribution in [0.5, 0.6) is 0 Å². The Labute approximate surface area is 177 Å². The van der Waals surface area contributed by atoms with Crippen molar-refractivity contribution in [1.82, 2.24) is 9.29 Å². The van der Waals surface area contributed by atoms with Crippen LogP contribution in [0.4, 0.5) is 18.9 Å². The number of alkyl halides is 3. The molecule has 1 N–H and O–H groups in total. The second-order valence-electron chi connectivity index (χ2n) is 6.78. The summed E-state index contributed by atoms with van der Waals surface area (Å²) in [6.45, 7) is 1.15. The van der Waals surface area contributed by atoms with Crippen molar-refractivity contribution in [1.29, 1.82) is 0 Å². The summed E-state index contributed by atoms with van der Waals surface area (Å²) in [5.41, 5.74) is -1.43.